The fourth-order valence-corrected chi connectivity index (χ4v) is 5.37. The molecule has 4 rings (SSSR count). The number of nitrogens with one attached hydrogen (secondary N) is 1. The van der Waals surface area contributed by atoms with E-state index in [4.69, 9.17) is 9.47 Å². The largest absolute Gasteiger partial charge is 0.383 e. The van der Waals surface area contributed by atoms with Crippen molar-refractivity contribution < 1.29 is 14.3 Å². The molecule has 1 saturated heterocycles. The van der Waals surface area contributed by atoms with Gasteiger partial charge in [0.25, 0.3) is 5.56 Å². The lowest BCUT2D eigenvalue weighted by molar-refractivity contribution is 0.00357. The van der Waals surface area contributed by atoms with Gasteiger partial charge in [-0.25, -0.2) is 9.59 Å². The Morgan fingerprint density at radius 1 is 1.21 bits per heavy atom. The highest BCUT2D eigenvalue weighted by Crippen LogP contribution is 2.34. The maximum atomic E-state index is 13.3. The molecule has 0 radical (unpaired) electrons. The molecule has 3 heterocycles. The SMILES string of the molecule is COCCn1c(=O)n(C2CC(OC)C2)c(=O)c2c(C)c(CN3CCNC3=O)sc21. The third-order valence-corrected chi connectivity index (χ3v) is 7.21. The topological polar surface area (TPSA) is 94.8 Å². The van der Waals surface area contributed by atoms with E-state index in [9.17, 15) is 14.4 Å². The predicted octanol–water partition coefficient (Wildman–Crippen LogP) is 1.05. The van der Waals surface area contributed by atoms with Crippen molar-refractivity contribution in [3.63, 3.8) is 0 Å². The number of aromatic nitrogens is 2. The number of hydrogen-bond acceptors (Lipinski definition) is 6. The number of thiophene rings is 1. The summed E-state index contributed by atoms with van der Waals surface area (Å²) in [6, 6.07) is -0.249. The van der Waals surface area contributed by atoms with E-state index in [1.165, 1.54) is 15.9 Å². The number of urea groups is 1. The van der Waals surface area contributed by atoms with E-state index in [2.05, 4.69) is 5.32 Å². The molecule has 0 spiro atoms. The minimum Gasteiger partial charge on any atom is -0.383 e. The number of nitrogens with zero attached hydrogens (tertiary/aromatic N) is 3. The molecule has 1 N–H and O–H groups in total. The smallest absolute Gasteiger partial charge is 0.332 e. The third-order valence-electron chi connectivity index (χ3n) is 5.91. The summed E-state index contributed by atoms with van der Waals surface area (Å²) in [5, 5.41) is 3.36. The Hall–Kier alpha value is -2.17. The number of ether oxygens (including phenoxy) is 2. The number of carbonyl (C=O) groups excluding carboxylic acids is 1. The van der Waals surface area contributed by atoms with Crippen LogP contribution >= 0.6 is 11.3 Å². The molecule has 158 valence electrons. The first-order chi connectivity index (χ1) is 14.0. The molecule has 0 unspecified atom stereocenters. The molecule has 10 heteroatoms. The van der Waals surface area contributed by atoms with Crippen molar-refractivity contribution in [3.05, 3.63) is 31.3 Å². The maximum absolute atomic E-state index is 13.3. The Labute approximate surface area is 171 Å². The van der Waals surface area contributed by atoms with Crippen LogP contribution < -0.4 is 16.6 Å². The first kappa shape index (κ1) is 20.1. The van der Waals surface area contributed by atoms with E-state index in [-0.39, 0.29) is 29.4 Å². The average Bonchev–Trinajstić information content (AvgIpc) is 3.21. The Balaban J connectivity index is 1.83. The van der Waals surface area contributed by atoms with Crippen molar-refractivity contribution in [1.82, 2.24) is 19.4 Å². The summed E-state index contributed by atoms with van der Waals surface area (Å²) in [5.74, 6) is 0. The van der Waals surface area contributed by atoms with Crippen LogP contribution in [0.4, 0.5) is 4.79 Å². The summed E-state index contributed by atoms with van der Waals surface area (Å²) in [7, 11) is 3.23. The Morgan fingerprint density at radius 3 is 2.59 bits per heavy atom. The number of fused-ring (bicyclic) bond motifs is 1. The molecule has 2 aromatic heterocycles. The van der Waals surface area contributed by atoms with E-state index < -0.39 is 0 Å². The number of aryl methyl sites for hydroxylation is 1. The number of hydrogen-bond donors (Lipinski definition) is 1. The zero-order valence-corrected chi connectivity index (χ0v) is 17.7. The number of amides is 2. The number of rotatable bonds is 7. The lowest BCUT2D eigenvalue weighted by atomic mass is 9.89. The van der Waals surface area contributed by atoms with Gasteiger partial charge in [0, 0.05) is 38.2 Å². The molecule has 0 atom stereocenters. The van der Waals surface area contributed by atoms with Crippen LogP contribution in [0.5, 0.6) is 0 Å². The standard InChI is InChI=1S/C19H26N4O5S/c1-11-14(10-21-5-4-20-18(21)25)29-17-15(11)16(24)23(12-8-13(9-12)28-3)19(26)22(17)6-7-27-2/h12-13H,4-10H2,1-3H3,(H,20,25). The predicted molar refractivity (Wildman–Crippen MR) is 110 cm³/mol. The molecule has 2 aromatic rings. The molecule has 1 saturated carbocycles. The summed E-state index contributed by atoms with van der Waals surface area (Å²) >= 11 is 1.42. The van der Waals surface area contributed by atoms with Gasteiger partial charge < -0.3 is 19.7 Å². The molecule has 1 aliphatic carbocycles. The fourth-order valence-electron chi connectivity index (χ4n) is 4.04. The Morgan fingerprint density at radius 2 is 1.97 bits per heavy atom. The lowest BCUT2D eigenvalue weighted by Crippen LogP contribution is -2.47. The summed E-state index contributed by atoms with van der Waals surface area (Å²) in [4.78, 5) is 41.8. The molecule has 2 fully saturated rings. The summed E-state index contributed by atoms with van der Waals surface area (Å²) in [5.41, 5.74) is 0.298. The number of methoxy groups -OCH3 is 2. The van der Waals surface area contributed by atoms with E-state index in [1.54, 1.807) is 23.7 Å². The second kappa shape index (κ2) is 7.92. The van der Waals surface area contributed by atoms with Crippen molar-refractivity contribution >= 4 is 27.6 Å². The molecule has 9 nitrogen and oxygen atoms in total. The van der Waals surface area contributed by atoms with E-state index in [0.717, 1.165) is 10.4 Å². The molecule has 0 aromatic carbocycles. The minimum absolute atomic E-state index is 0.0854. The van der Waals surface area contributed by atoms with Crippen LogP contribution in [0.2, 0.25) is 0 Å². The van der Waals surface area contributed by atoms with Gasteiger partial charge in [-0.1, -0.05) is 0 Å². The second-order valence-electron chi connectivity index (χ2n) is 7.57. The van der Waals surface area contributed by atoms with Gasteiger partial charge in [0.1, 0.15) is 4.83 Å². The Bertz CT molecular complexity index is 1050. The van der Waals surface area contributed by atoms with Crippen molar-refractivity contribution in [3.8, 4) is 0 Å². The van der Waals surface area contributed by atoms with Crippen LogP contribution in [0.1, 0.15) is 29.3 Å². The van der Waals surface area contributed by atoms with Gasteiger partial charge in [-0.3, -0.25) is 13.9 Å². The summed E-state index contributed by atoms with van der Waals surface area (Å²) in [6.07, 6.45) is 1.40. The highest BCUT2D eigenvalue weighted by molar-refractivity contribution is 7.18. The van der Waals surface area contributed by atoms with Crippen molar-refractivity contribution in [2.45, 2.75) is 45.0 Å². The van der Waals surface area contributed by atoms with Gasteiger partial charge in [-0.05, 0) is 25.3 Å². The molecule has 2 aliphatic rings. The Kier molecular flexibility index (Phi) is 5.50. The van der Waals surface area contributed by atoms with Crippen molar-refractivity contribution in [1.29, 1.82) is 0 Å². The van der Waals surface area contributed by atoms with Gasteiger partial charge in [0.05, 0.1) is 31.2 Å². The van der Waals surface area contributed by atoms with Gasteiger partial charge in [-0.15, -0.1) is 11.3 Å². The highest BCUT2D eigenvalue weighted by Gasteiger charge is 2.34. The highest BCUT2D eigenvalue weighted by atomic mass is 32.1. The van der Waals surface area contributed by atoms with Gasteiger partial charge >= 0.3 is 11.7 Å². The van der Waals surface area contributed by atoms with Crippen LogP contribution in [0.15, 0.2) is 9.59 Å². The van der Waals surface area contributed by atoms with Crippen LogP contribution in [0.3, 0.4) is 0 Å². The van der Waals surface area contributed by atoms with Crippen molar-refractivity contribution in [2.24, 2.45) is 0 Å². The van der Waals surface area contributed by atoms with Crippen molar-refractivity contribution in [2.75, 3.05) is 33.9 Å². The van der Waals surface area contributed by atoms with E-state index >= 15 is 0 Å². The molecular formula is C19H26N4O5S. The van der Waals surface area contributed by atoms with E-state index in [0.29, 0.717) is 55.8 Å². The fraction of sp³-hybridized carbons (Fsp3) is 0.632. The summed E-state index contributed by atoms with van der Waals surface area (Å²) < 4.78 is 13.5. The molecule has 0 bridgehead atoms. The maximum Gasteiger partial charge on any atom is 0.332 e. The first-order valence-electron chi connectivity index (χ1n) is 9.78. The zero-order chi connectivity index (χ0) is 20.7. The van der Waals surface area contributed by atoms with Crippen LogP contribution in [-0.2, 0) is 22.6 Å². The molecule has 2 amide bonds. The average molecular weight is 423 g/mol. The van der Waals surface area contributed by atoms with Crippen LogP contribution in [-0.4, -0.2) is 60.1 Å². The number of carbonyl (C=O) groups is 1. The van der Waals surface area contributed by atoms with Crippen LogP contribution in [0.25, 0.3) is 10.2 Å². The lowest BCUT2D eigenvalue weighted by Gasteiger charge is -2.35. The molecular weight excluding hydrogens is 396 g/mol. The molecule has 1 aliphatic heterocycles. The van der Waals surface area contributed by atoms with Crippen LogP contribution in [0, 0.1) is 6.92 Å². The third kappa shape index (κ3) is 3.38. The molecule has 29 heavy (non-hydrogen) atoms. The second-order valence-corrected chi connectivity index (χ2v) is 8.65. The minimum atomic E-state index is -0.300. The quantitative estimate of drug-likeness (QED) is 0.720. The van der Waals surface area contributed by atoms with Gasteiger partial charge in [0.15, 0.2) is 0 Å². The van der Waals surface area contributed by atoms with Gasteiger partial charge in [0.2, 0.25) is 0 Å². The van der Waals surface area contributed by atoms with Gasteiger partial charge in [-0.2, -0.15) is 0 Å². The monoisotopic (exact) mass is 422 g/mol. The summed E-state index contributed by atoms with van der Waals surface area (Å²) in [6.45, 7) is 4.33. The zero-order valence-electron chi connectivity index (χ0n) is 16.9. The normalized spacial score (nSPS) is 21.6. The first-order valence-corrected chi connectivity index (χ1v) is 10.6. The van der Waals surface area contributed by atoms with E-state index in [1.807, 2.05) is 6.92 Å².